The molecule has 0 atom stereocenters. The first-order valence-electron chi connectivity index (χ1n) is 9.35. The molecule has 1 amide bonds. The molecule has 0 saturated carbocycles. The zero-order chi connectivity index (χ0) is 20.2. The average Bonchev–Trinajstić information content (AvgIpc) is 3.21. The average molecular weight is 386 g/mol. The molecule has 4 rings (SSSR count). The number of H-pyrrole nitrogens is 1. The Kier molecular flexibility index (Phi) is 5.16. The van der Waals surface area contributed by atoms with E-state index in [1.807, 2.05) is 61.7 Å². The first-order valence-corrected chi connectivity index (χ1v) is 9.35. The summed E-state index contributed by atoms with van der Waals surface area (Å²) in [6.45, 7) is 2.52. The van der Waals surface area contributed by atoms with Crippen molar-refractivity contribution in [3.05, 3.63) is 83.7 Å². The Labute approximate surface area is 168 Å². The van der Waals surface area contributed by atoms with Crippen LogP contribution in [0.25, 0.3) is 11.0 Å². The van der Waals surface area contributed by atoms with E-state index in [0.717, 1.165) is 39.3 Å². The van der Waals surface area contributed by atoms with Gasteiger partial charge in [0.25, 0.3) is 5.91 Å². The topological polar surface area (TPSA) is 79.0 Å². The van der Waals surface area contributed by atoms with Gasteiger partial charge >= 0.3 is 0 Å². The molecule has 3 N–H and O–H groups in total. The first-order chi connectivity index (χ1) is 14.1. The van der Waals surface area contributed by atoms with Gasteiger partial charge in [0.05, 0.1) is 12.5 Å². The van der Waals surface area contributed by atoms with Crippen LogP contribution >= 0.6 is 0 Å². The second-order valence-electron chi connectivity index (χ2n) is 6.81. The number of methoxy groups -OCH3 is 1. The van der Waals surface area contributed by atoms with Crippen molar-refractivity contribution in [2.75, 3.05) is 17.7 Å². The fraction of sp³-hybridized carbons (Fsp3) is 0.130. The zero-order valence-electron chi connectivity index (χ0n) is 16.3. The minimum atomic E-state index is -0.130. The lowest BCUT2D eigenvalue weighted by atomic mass is 10.1. The highest BCUT2D eigenvalue weighted by molar-refractivity contribution is 6.04. The number of carbonyl (C=O) groups excluding carboxylic acids is 1. The minimum absolute atomic E-state index is 0.130. The molecule has 2 heterocycles. The molecule has 0 fully saturated rings. The second kappa shape index (κ2) is 8.06. The number of aryl methyl sites for hydroxylation is 1. The lowest BCUT2D eigenvalue weighted by Gasteiger charge is -2.12. The highest BCUT2D eigenvalue weighted by atomic mass is 16.5. The SMILES string of the molecule is COc1c(CNc2cccc(NC(=O)c3cccc(C)c3)c2)cnc2[nH]ccc12. The minimum Gasteiger partial charge on any atom is -0.496 e. The Balaban J connectivity index is 1.47. The Bertz CT molecular complexity index is 1170. The van der Waals surface area contributed by atoms with Crippen molar-refractivity contribution in [2.45, 2.75) is 13.5 Å². The Morgan fingerprint density at radius 3 is 2.76 bits per heavy atom. The molecule has 2 aromatic carbocycles. The smallest absolute Gasteiger partial charge is 0.255 e. The maximum Gasteiger partial charge on any atom is 0.255 e. The summed E-state index contributed by atoms with van der Waals surface area (Å²) in [5, 5.41) is 7.27. The molecule has 0 bridgehead atoms. The second-order valence-corrected chi connectivity index (χ2v) is 6.81. The quantitative estimate of drug-likeness (QED) is 0.447. The maximum atomic E-state index is 12.5. The third kappa shape index (κ3) is 4.06. The standard InChI is InChI=1S/C23H22N4O2/c1-15-5-3-6-16(11-15)23(28)27-19-8-4-7-18(12-19)25-13-17-14-26-22-20(9-10-24-22)21(17)29-2/h3-12,14,25H,13H2,1-2H3,(H,24,26)(H,27,28). The summed E-state index contributed by atoms with van der Waals surface area (Å²) in [6.07, 6.45) is 3.64. The lowest BCUT2D eigenvalue weighted by molar-refractivity contribution is 0.102. The third-order valence-corrected chi connectivity index (χ3v) is 4.70. The Morgan fingerprint density at radius 1 is 1.10 bits per heavy atom. The number of anilines is 2. The van der Waals surface area contributed by atoms with Gasteiger partial charge in [-0.2, -0.15) is 0 Å². The van der Waals surface area contributed by atoms with Crippen LogP contribution in [0, 0.1) is 6.92 Å². The van der Waals surface area contributed by atoms with Gasteiger partial charge in [-0.25, -0.2) is 4.98 Å². The summed E-state index contributed by atoms with van der Waals surface area (Å²) in [6, 6.07) is 17.1. The summed E-state index contributed by atoms with van der Waals surface area (Å²) in [5.41, 5.74) is 5.06. The van der Waals surface area contributed by atoms with Crippen molar-refractivity contribution >= 4 is 28.3 Å². The van der Waals surface area contributed by atoms with E-state index >= 15 is 0 Å². The normalized spacial score (nSPS) is 10.7. The van der Waals surface area contributed by atoms with Crippen LogP contribution in [0.5, 0.6) is 5.75 Å². The molecule has 2 aromatic heterocycles. The van der Waals surface area contributed by atoms with E-state index in [1.165, 1.54) is 0 Å². The third-order valence-electron chi connectivity index (χ3n) is 4.70. The van der Waals surface area contributed by atoms with Crippen molar-refractivity contribution in [2.24, 2.45) is 0 Å². The van der Waals surface area contributed by atoms with Gasteiger partial charge in [-0.3, -0.25) is 4.79 Å². The maximum absolute atomic E-state index is 12.5. The molecular weight excluding hydrogens is 364 g/mol. The summed E-state index contributed by atoms with van der Waals surface area (Å²) in [5.74, 6) is 0.669. The van der Waals surface area contributed by atoms with E-state index in [-0.39, 0.29) is 5.91 Å². The summed E-state index contributed by atoms with van der Waals surface area (Å²) < 4.78 is 5.58. The molecule has 0 unspecified atom stereocenters. The van der Waals surface area contributed by atoms with Gasteiger partial charge in [0.2, 0.25) is 0 Å². The summed E-state index contributed by atoms with van der Waals surface area (Å²) >= 11 is 0. The fourth-order valence-electron chi connectivity index (χ4n) is 3.29. The van der Waals surface area contributed by atoms with Gasteiger partial charge < -0.3 is 20.4 Å². The number of amides is 1. The molecular formula is C23H22N4O2. The van der Waals surface area contributed by atoms with Gasteiger partial charge in [0.15, 0.2) is 0 Å². The van der Waals surface area contributed by atoms with Crippen LogP contribution in [0.2, 0.25) is 0 Å². The molecule has 6 nitrogen and oxygen atoms in total. The number of nitrogens with one attached hydrogen (secondary N) is 3. The van der Waals surface area contributed by atoms with E-state index in [4.69, 9.17) is 4.74 Å². The first kappa shape index (κ1) is 18.6. The Hall–Kier alpha value is -3.80. The van der Waals surface area contributed by atoms with E-state index in [2.05, 4.69) is 20.6 Å². The van der Waals surface area contributed by atoms with Crippen molar-refractivity contribution in [1.82, 2.24) is 9.97 Å². The molecule has 0 radical (unpaired) electrons. The summed E-state index contributed by atoms with van der Waals surface area (Å²) in [4.78, 5) is 20.0. The van der Waals surface area contributed by atoms with Crippen LogP contribution in [-0.2, 0) is 6.54 Å². The molecule has 0 aliphatic rings. The van der Waals surface area contributed by atoms with Gasteiger partial charge in [-0.1, -0.05) is 23.8 Å². The molecule has 0 saturated heterocycles. The molecule has 0 aliphatic carbocycles. The van der Waals surface area contributed by atoms with Crippen LogP contribution in [0.15, 0.2) is 67.0 Å². The molecule has 0 aliphatic heterocycles. The van der Waals surface area contributed by atoms with Gasteiger partial charge in [0.1, 0.15) is 11.4 Å². The van der Waals surface area contributed by atoms with Gasteiger partial charge in [0, 0.05) is 41.4 Å². The van der Waals surface area contributed by atoms with Crippen LogP contribution in [0.1, 0.15) is 21.5 Å². The van der Waals surface area contributed by atoms with E-state index in [9.17, 15) is 4.79 Å². The zero-order valence-corrected chi connectivity index (χ0v) is 16.3. The van der Waals surface area contributed by atoms with E-state index in [1.54, 1.807) is 19.4 Å². The molecule has 6 heteroatoms. The van der Waals surface area contributed by atoms with Crippen LogP contribution in [0.3, 0.4) is 0 Å². The number of aromatic amines is 1. The molecule has 0 spiro atoms. The highest BCUT2D eigenvalue weighted by Gasteiger charge is 2.11. The highest BCUT2D eigenvalue weighted by Crippen LogP contribution is 2.28. The van der Waals surface area contributed by atoms with Gasteiger partial charge in [-0.15, -0.1) is 0 Å². The van der Waals surface area contributed by atoms with E-state index < -0.39 is 0 Å². The number of ether oxygens (including phenoxy) is 1. The fourth-order valence-corrected chi connectivity index (χ4v) is 3.29. The number of fused-ring (bicyclic) bond motifs is 1. The number of rotatable bonds is 6. The predicted octanol–water partition coefficient (Wildman–Crippen LogP) is 4.74. The largest absolute Gasteiger partial charge is 0.496 e. The number of aromatic nitrogens is 2. The van der Waals surface area contributed by atoms with Gasteiger partial charge in [-0.05, 0) is 43.3 Å². The number of carbonyl (C=O) groups is 1. The van der Waals surface area contributed by atoms with Crippen molar-refractivity contribution in [3.63, 3.8) is 0 Å². The lowest BCUT2D eigenvalue weighted by Crippen LogP contribution is -2.12. The molecule has 146 valence electrons. The number of benzene rings is 2. The molecule has 29 heavy (non-hydrogen) atoms. The van der Waals surface area contributed by atoms with Crippen LogP contribution in [-0.4, -0.2) is 23.0 Å². The molecule has 4 aromatic rings. The van der Waals surface area contributed by atoms with Crippen molar-refractivity contribution in [1.29, 1.82) is 0 Å². The number of hydrogen-bond acceptors (Lipinski definition) is 4. The van der Waals surface area contributed by atoms with Crippen LogP contribution in [0.4, 0.5) is 11.4 Å². The number of pyridine rings is 1. The summed E-state index contributed by atoms with van der Waals surface area (Å²) in [7, 11) is 1.66. The number of nitrogens with zero attached hydrogens (tertiary/aromatic N) is 1. The predicted molar refractivity (Wildman–Crippen MR) is 116 cm³/mol. The van der Waals surface area contributed by atoms with Crippen molar-refractivity contribution in [3.8, 4) is 5.75 Å². The Morgan fingerprint density at radius 2 is 1.93 bits per heavy atom. The number of hydrogen-bond donors (Lipinski definition) is 3. The monoisotopic (exact) mass is 386 g/mol. The van der Waals surface area contributed by atoms with Crippen LogP contribution < -0.4 is 15.4 Å². The van der Waals surface area contributed by atoms with Crippen molar-refractivity contribution < 1.29 is 9.53 Å². The van der Waals surface area contributed by atoms with E-state index in [0.29, 0.717) is 12.1 Å².